The van der Waals surface area contributed by atoms with Crippen LogP contribution in [0.2, 0.25) is 0 Å². The first-order valence-electron chi connectivity index (χ1n) is 13.9. The topological polar surface area (TPSA) is 97.9 Å². The van der Waals surface area contributed by atoms with Crippen molar-refractivity contribution in [3.8, 4) is 0 Å². The molecule has 0 spiro atoms. The highest BCUT2D eigenvalue weighted by Crippen LogP contribution is 2.26. The predicted molar refractivity (Wildman–Crippen MR) is 153 cm³/mol. The van der Waals surface area contributed by atoms with Crippen molar-refractivity contribution in [2.45, 2.75) is 58.2 Å². The number of nitrogens with zero attached hydrogens (tertiary/aromatic N) is 4. The van der Waals surface area contributed by atoms with Gasteiger partial charge in [0, 0.05) is 55.3 Å². The number of ether oxygens (including phenoxy) is 1. The lowest BCUT2D eigenvalue weighted by Gasteiger charge is -2.36. The van der Waals surface area contributed by atoms with E-state index in [9.17, 15) is 19.7 Å². The van der Waals surface area contributed by atoms with Crippen molar-refractivity contribution in [2.24, 2.45) is 0 Å². The van der Waals surface area contributed by atoms with Crippen LogP contribution in [0.1, 0.15) is 59.3 Å². The lowest BCUT2D eigenvalue weighted by molar-refractivity contribution is -0.385. The first-order chi connectivity index (χ1) is 19.4. The average Bonchev–Trinajstić information content (AvgIpc) is 3.40. The maximum atomic E-state index is 14.0. The Bertz CT molecular complexity index is 1300. The number of methoxy groups -OCH3 is 1. The van der Waals surface area contributed by atoms with Gasteiger partial charge in [-0.15, -0.1) is 0 Å². The number of aromatic nitrogens is 1. The van der Waals surface area contributed by atoms with Crippen LogP contribution in [0.25, 0.3) is 0 Å². The van der Waals surface area contributed by atoms with Crippen LogP contribution in [0.15, 0.2) is 66.9 Å². The average molecular weight is 547 g/mol. The van der Waals surface area contributed by atoms with Crippen molar-refractivity contribution in [3.63, 3.8) is 0 Å². The number of amides is 2. The van der Waals surface area contributed by atoms with Crippen LogP contribution in [0, 0.1) is 17.0 Å². The minimum atomic E-state index is -0.494. The lowest BCUT2D eigenvalue weighted by atomic mass is 9.94. The third-order valence-electron chi connectivity index (χ3n) is 7.62. The molecule has 40 heavy (non-hydrogen) atoms. The molecule has 9 heteroatoms. The number of nitro benzene ring substituents is 1. The summed E-state index contributed by atoms with van der Waals surface area (Å²) in [5.41, 5.74) is 2.75. The number of carbonyl (C=O) groups excluding carboxylic acids is 2. The van der Waals surface area contributed by atoms with E-state index in [1.165, 1.54) is 23.6 Å². The zero-order chi connectivity index (χ0) is 28.5. The van der Waals surface area contributed by atoms with E-state index < -0.39 is 10.8 Å². The second kappa shape index (κ2) is 13.9. The summed E-state index contributed by atoms with van der Waals surface area (Å²) in [6, 6.07) is 18.8. The van der Waals surface area contributed by atoms with Crippen molar-refractivity contribution in [2.75, 3.05) is 26.8 Å². The van der Waals surface area contributed by atoms with Crippen LogP contribution in [-0.4, -0.2) is 64.0 Å². The summed E-state index contributed by atoms with van der Waals surface area (Å²) in [7, 11) is 1.54. The summed E-state index contributed by atoms with van der Waals surface area (Å²) in [6.45, 7) is 3.11. The van der Waals surface area contributed by atoms with Gasteiger partial charge in [-0.3, -0.25) is 19.7 Å². The predicted octanol–water partition coefficient (Wildman–Crippen LogP) is 5.20. The first kappa shape index (κ1) is 29.0. The molecule has 0 atom stereocenters. The molecule has 3 aromatic rings. The molecule has 1 fully saturated rings. The van der Waals surface area contributed by atoms with E-state index in [-0.39, 0.29) is 42.9 Å². The molecule has 4 rings (SSSR count). The van der Waals surface area contributed by atoms with E-state index in [0.29, 0.717) is 18.7 Å². The fourth-order valence-electron chi connectivity index (χ4n) is 5.35. The number of carbonyl (C=O) groups is 2. The molecule has 1 heterocycles. The summed E-state index contributed by atoms with van der Waals surface area (Å²) in [5.74, 6) is -0.560. The smallest absolute Gasteiger partial charge is 0.273 e. The van der Waals surface area contributed by atoms with Crippen molar-refractivity contribution in [1.82, 2.24) is 14.4 Å². The number of benzene rings is 2. The summed E-state index contributed by atoms with van der Waals surface area (Å²) in [6.07, 6.45) is 7.19. The fraction of sp³-hybridized carbons (Fsp3) is 0.419. The highest BCUT2D eigenvalue weighted by atomic mass is 16.6. The minimum absolute atomic E-state index is 0.0983. The Balaban J connectivity index is 1.57. The highest BCUT2D eigenvalue weighted by Gasteiger charge is 2.29. The van der Waals surface area contributed by atoms with Gasteiger partial charge in [-0.05, 0) is 43.5 Å². The standard InChI is InChI=1S/C31H38N4O5/c1-24-15-16-26(20-29(24)35(38)39)31(37)33(18-19-40-2)23-30(36)34(27-12-7-4-8-13-27)22-28-14-9-17-32(28)21-25-10-5-3-6-11-25/h3,5-6,9-11,14-17,20,27H,4,7-8,12-13,18-19,21-23H2,1-2H3. The Kier molecular flexibility index (Phi) is 10.1. The van der Waals surface area contributed by atoms with Crippen LogP contribution >= 0.6 is 0 Å². The molecule has 0 aliphatic heterocycles. The monoisotopic (exact) mass is 546 g/mol. The number of hydrogen-bond donors (Lipinski definition) is 0. The van der Waals surface area contributed by atoms with Gasteiger partial charge in [0.25, 0.3) is 11.6 Å². The zero-order valence-electron chi connectivity index (χ0n) is 23.3. The Hall–Kier alpha value is -3.98. The van der Waals surface area contributed by atoms with Gasteiger partial charge in [-0.25, -0.2) is 0 Å². The lowest BCUT2D eigenvalue weighted by Crippen LogP contribution is -2.48. The van der Waals surface area contributed by atoms with Gasteiger partial charge in [0.1, 0.15) is 6.54 Å². The third kappa shape index (κ3) is 7.35. The molecule has 0 N–H and O–H groups in total. The Morgan fingerprint density at radius 1 is 1.05 bits per heavy atom. The Labute approximate surface area is 235 Å². The van der Waals surface area contributed by atoms with Gasteiger partial charge in [-0.1, -0.05) is 55.7 Å². The minimum Gasteiger partial charge on any atom is -0.383 e. The van der Waals surface area contributed by atoms with Crippen molar-refractivity contribution >= 4 is 17.5 Å². The van der Waals surface area contributed by atoms with Gasteiger partial charge < -0.3 is 19.1 Å². The van der Waals surface area contributed by atoms with Crippen LogP contribution in [0.5, 0.6) is 0 Å². The van der Waals surface area contributed by atoms with Gasteiger partial charge >= 0.3 is 0 Å². The van der Waals surface area contributed by atoms with Crippen molar-refractivity contribution in [3.05, 3.63) is 99.4 Å². The van der Waals surface area contributed by atoms with Crippen LogP contribution in [0.3, 0.4) is 0 Å². The quantitative estimate of drug-likeness (QED) is 0.230. The molecule has 9 nitrogen and oxygen atoms in total. The van der Waals surface area contributed by atoms with Crippen molar-refractivity contribution < 1.29 is 19.2 Å². The van der Waals surface area contributed by atoms with E-state index >= 15 is 0 Å². The number of nitro groups is 1. The van der Waals surface area contributed by atoms with Gasteiger partial charge in [-0.2, -0.15) is 0 Å². The second-order valence-corrected chi connectivity index (χ2v) is 10.4. The molecule has 1 saturated carbocycles. The van der Waals surface area contributed by atoms with Crippen LogP contribution < -0.4 is 0 Å². The van der Waals surface area contributed by atoms with Gasteiger partial charge in [0.05, 0.1) is 18.1 Å². The summed E-state index contributed by atoms with van der Waals surface area (Å²) < 4.78 is 7.39. The second-order valence-electron chi connectivity index (χ2n) is 10.4. The molecule has 0 saturated heterocycles. The van der Waals surface area contributed by atoms with Gasteiger partial charge in [0.15, 0.2) is 0 Å². The molecule has 1 aliphatic carbocycles. The normalized spacial score (nSPS) is 13.7. The molecule has 1 aromatic heterocycles. The van der Waals surface area contributed by atoms with E-state index in [0.717, 1.165) is 37.8 Å². The Morgan fingerprint density at radius 2 is 1.80 bits per heavy atom. The third-order valence-corrected chi connectivity index (χ3v) is 7.62. The molecule has 2 amide bonds. The summed E-state index contributed by atoms with van der Waals surface area (Å²) in [5, 5.41) is 11.5. The first-order valence-corrected chi connectivity index (χ1v) is 13.9. The van der Waals surface area contributed by atoms with E-state index in [4.69, 9.17) is 4.74 Å². The molecular weight excluding hydrogens is 508 g/mol. The van der Waals surface area contributed by atoms with E-state index in [1.807, 2.05) is 41.4 Å². The summed E-state index contributed by atoms with van der Waals surface area (Å²) >= 11 is 0. The largest absolute Gasteiger partial charge is 0.383 e. The number of aryl methyl sites for hydroxylation is 1. The molecular formula is C31H38N4O5. The Morgan fingerprint density at radius 3 is 2.50 bits per heavy atom. The molecule has 0 unspecified atom stereocenters. The molecule has 212 valence electrons. The molecule has 2 aromatic carbocycles. The SMILES string of the molecule is COCCN(CC(=O)N(Cc1cccn1Cc1ccccc1)C1CCCCC1)C(=O)c1ccc(C)c([N+](=O)[O-])c1. The van der Waals surface area contributed by atoms with E-state index in [1.54, 1.807) is 19.1 Å². The fourth-order valence-corrected chi connectivity index (χ4v) is 5.35. The number of rotatable bonds is 12. The van der Waals surface area contributed by atoms with Gasteiger partial charge in [0.2, 0.25) is 5.91 Å². The number of hydrogen-bond acceptors (Lipinski definition) is 5. The van der Waals surface area contributed by atoms with Crippen LogP contribution in [-0.2, 0) is 22.6 Å². The maximum absolute atomic E-state index is 14.0. The molecule has 1 aliphatic rings. The summed E-state index contributed by atoms with van der Waals surface area (Å²) in [4.78, 5) is 41.8. The van der Waals surface area contributed by atoms with E-state index in [2.05, 4.69) is 16.7 Å². The highest BCUT2D eigenvalue weighted by molar-refractivity contribution is 5.97. The molecule has 0 radical (unpaired) electrons. The van der Waals surface area contributed by atoms with Crippen LogP contribution in [0.4, 0.5) is 5.69 Å². The maximum Gasteiger partial charge on any atom is 0.273 e. The molecule has 0 bridgehead atoms. The van der Waals surface area contributed by atoms with Crippen molar-refractivity contribution in [1.29, 1.82) is 0 Å². The zero-order valence-corrected chi connectivity index (χ0v) is 23.3.